The van der Waals surface area contributed by atoms with Crippen LogP contribution in [0.15, 0.2) is 243 Å². The Hall–Kier alpha value is -10.5. The van der Waals surface area contributed by atoms with Gasteiger partial charge in [-0.25, -0.2) is 15.0 Å². The molecule has 6 nitrogen and oxygen atoms in total. The van der Waals surface area contributed by atoms with E-state index < -0.39 is 0 Å². The minimum atomic E-state index is -0.246. The van der Waals surface area contributed by atoms with Crippen LogP contribution in [0.5, 0.6) is 0 Å². The monoisotopic (exact) mass is 1050 g/mol. The van der Waals surface area contributed by atoms with Crippen molar-refractivity contribution in [2.24, 2.45) is 0 Å². The van der Waals surface area contributed by atoms with Crippen molar-refractivity contribution in [3.8, 4) is 96.1 Å². The van der Waals surface area contributed by atoms with E-state index in [2.05, 4.69) is 207 Å². The molecule has 14 aromatic rings. The molecular formula is C76H52N6. The molecule has 0 atom stereocenters. The van der Waals surface area contributed by atoms with E-state index in [9.17, 15) is 5.26 Å². The number of rotatable bonds is 7. The maximum atomic E-state index is 11.0. The SMILES string of the molecule is CC1(C)c2ccccc2-c2ccc3c(c21)c1ccccc1n3-c1ccc(-c2nc(-c3ccccc3)nc(-c3ccccc3)n2)cc1-c1ccc(-n2c3ccccc3c3c4c(ccc32)-c2ccccc2C4(C)C)c(-c2ccccc2C#N)c1. The van der Waals surface area contributed by atoms with Crippen LogP contribution >= 0.6 is 0 Å². The number of benzene rings is 11. The average Bonchev–Trinajstić information content (AvgIpc) is 2.93. The Kier molecular flexibility index (Phi) is 10.3. The third kappa shape index (κ3) is 6.84. The number of nitriles is 1. The molecule has 2 aliphatic carbocycles. The maximum Gasteiger partial charge on any atom is 0.164 e. The maximum absolute atomic E-state index is 11.0. The normalized spacial score (nSPS) is 13.5. The Labute approximate surface area is 475 Å². The van der Waals surface area contributed by atoms with E-state index in [0.717, 1.165) is 72.4 Å². The molecule has 0 unspecified atom stereocenters. The van der Waals surface area contributed by atoms with E-state index in [-0.39, 0.29) is 10.8 Å². The van der Waals surface area contributed by atoms with Gasteiger partial charge in [0.1, 0.15) is 0 Å². The van der Waals surface area contributed by atoms with Crippen LogP contribution in [0.4, 0.5) is 0 Å². The minimum absolute atomic E-state index is 0.239. The lowest BCUT2D eigenvalue weighted by atomic mass is 9.80. The van der Waals surface area contributed by atoms with Crippen molar-refractivity contribution in [2.45, 2.75) is 38.5 Å². The van der Waals surface area contributed by atoms with E-state index in [1.54, 1.807) is 0 Å². The van der Waals surface area contributed by atoms with Crippen molar-refractivity contribution in [3.05, 3.63) is 270 Å². The van der Waals surface area contributed by atoms with Gasteiger partial charge in [-0.1, -0.05) is 210 Å². The van der Waals surface area contributed by atoms with E-state index in [1.807, 2.05) is 78.9 Å². The van der Waals surface area contributed by atoms with Crippen molar-refractivity contribution in [1.29, 1.82) is 5.26 Å². The molecule has 3 aromatic heterocycles. The van der Waals surface area contributed by atoms with Gasteiger partial charge >= 0.3 is 0 Å². The molecule has 11 aromatic carbocycles. The highest BCUT2D eigenvalue weighted by molar-refractivity contribution is 6.16. The number of fused-ring (bicyclic) bond motifs is 14. The first-order valence-corrected chi connectivity index (χ1v) is 28.2. The summed E-state index contributed by atoms with van der Waals surface area (Å²) in [5, 5.41) is 15.9. The minimum Gasteiger partial charge on any atom is -0.309 e. The molecule has 386 valence electrons. The third-order valence-electron chi connectivity index (χ3n) is 17.8. The van der Waals surface area contributed by atoms with Crippen LogP contribution in [0.1, 0.15) is 55.5 Å². The summed E-state index contributed by atoms with van der Waals surface area (Å²) in [5.74, 6) is 1.76. The lowest BCUT2D eigenvalue weighted by Gasteiger charge is -2.23. The van der Waals surface area contributed by atoms with Crippen LogP contribution in [-0.4, -0.2) is 24.1 Å². The molecule has 0 radical (unpaired) electrons. The first-order chi connectivity index (χ1) is 40.2. The standard InChI is InChI=1S/C76H52N6/c1-75(2)60-31-17-13-27-52(60)54-37-41-66-68(70(54)75)56-29-15-19-33-62(56)81(66)64-40-36-49(74-79-72(46-21-7-5-8-22-46)78-73(80-74)47-23-9-6-10-24-47)44-58(64)48-35-39-65(59(43-48)51-26-12-11-25-50(51)45-77)82-63-34-20-16-30-57(63)69-67(82)42-38-55-53-28-14-18-32-61(53)76(3,4)71(55)69/h5-44H,1-4H3. The third-order valence-corrected chi connectivity index (χ3v) is 17.8. The van der Waals surface area contributed by atoms with Gasteiger partial charge in [-0.2, -0.15) is 5.26 Å². The van der Waals surface area contributed by atoms with E-state index >= 15 is 0 Å². The molecule has 0 aliphatic heterocycles. The molecule has 0 amide bonds. The van der Waals surface area contributed by atoms with Crippen molar-refractivity contribution in [1.82, 2.24) is 24.1 Å². The van der Waals surface area contributed by atoms with Gasteiger partial charge in [-0.15, -0.1) is 0 Å². The molecule has 2 aliphatic rings. The van der Waals surface area contributed by atoms with Crippen LogP contribution in [0.2, 0.25) is 0 Å². The van der Waals surface area contributed by atoms with Crippen LogP contribution in [0, 0.1) is 11.3 Å². The van der Waals surface area contributed by atoms with E-state index in [4.69, 9.17) is 15.0 Å². The summed E-state index contributed by atoms with van der Waals surface area (Å²) in [6.45, 7) is 9.48. The van der Waals surface area contributed by atoms with Gasteiger partial charge in [-0.05, 0) is 111 Å². The molecule has 0 fully saturated rings. The quantitative estimate of drug-likeness (QED) is 0.159. The van der Waals surface area contributed by atoms with Gasteiger partial charge in [-0.3, -0.25) is 0 Å². The molecule has 0 saturated heterocycles. The van der Waals surface area contributed by atoms with Gasteiger partial charge in [0, 0.05) is 65.8 Å². The Morgan fingerprint density at radius 2 is 0.744 bits per heavy atom. The number of hydrogen-bond donors (Lipinski definition) is 0. The Balaban J connectivity index is 0.991. The topological polar surface area (TPSA) is 72.3 Å². The van der Waals surface area contributed by atoms with Crippen LogP contribution in [0.3, 0.4) is 0 Å². The molecule has 0 saturated carbocycles. The Morgan fingerprint density at radius 3 is 1.27 bits per heavy atom. The molecule has 0 N–H and O–H groups in total. The smallest absolute Gasteiger partial charge is 0.164 e. The van der Waals surface area contributed by atoms with E-state index in [0.29, 0.717) is 23.0 Å². The van der Waals surface area contributed by atoms with Gasteiger partial charge in [0.05, 0.1) is 45.1 Å². The van der Waals surface area contributed by atoms with Gasteiger partial charge < -0.3 is 9.13 Å². The summed E-state index contributed by atoms with van der Waals surface area (Å²) in [4.78, 5) is 15.6. The van der Waals surface area contributed by atoms with Gasteiger partial charge in [0.25, 0.3) is 0 Å². The van der Waals surface area contributed by atoms with Crippen molar-refractivity contribution in [2.75, 3.05) is 0 Å². The first-order valence-electron chi connectivity index (χ1n) is 28.2. The van der Waals surface area contributed by atoms with Crippen LogP contribution < -0.4 is 0 Å². The zero-order chi connectivity index (χ0) is 55.0. The second-order valence-electron chi connectivity index (χ2n) is 23.0. The highest BCUT2D eigenvalue weighted by atomic mass is 15.0. The van der Waals surface area contributed by atoms with Crippen molar-refractivity contribution >= 4 is 43.6 Å². The van der Waals surface area contributed by atoms with Crippen molar-refractivity contribution < 1.29 is 0 Å². The fourth-order valence-electron chi connectivity index (χ4n) is 14.2. The van der Waals surface area contributed by atoms with Gasteiger partial charge in [0.2, 0.25) is 0 Å². The highest BCUT2D eigenvalue weighted by Crippen LogP contribution is 2.56. The van der Waals surface area contributed by atoms with Gasteiger partial charge in [0.15, 0.2) is 17.5 Å². The molecule has 82 heavy (non-hydrogen) atoms. The second kappa shape index (κ2) is 17.8. The molecule has 6 heteroatoms. The first kappa shape index (κ1) is 47.5. The van der Waals surface area contributed by atoms with E-state index in [1.165, 1.54) is 66.1 Å². The highest BCUT2D eigenvalue weighted by Gasteiger charge is 2.40. The molecule has 0 bridgehead atoms. The summed E-state index contributed by atoms with van der Waals surface area (Å²) in [6, 6.07) is 89.2. The number of nitrogens with zero attached hydrogens (tertiary/aromatic N) is 6. The average molecular weight is 1050 g/mol. The van der Waals surface area contributed by atoms with Crippen LogP contribution in [-0.2, 0) is 10.8 Å². The Morgan fingerprint density at radius 1 is 0.329 bits per heavy atom. The fraction of sp³-hybridized carbons (Fsp3) is 0.0789. The second-order valence-corrected chi connectivity index (χ2v) is 23.0. The summed E-state index contributed by atoms with van der Waals surface area (Å²) >= 11 is 0. The predicted molar refractivity (Wildman–Crippen MR) is 336 cm³/mol. The van der Waals surface area contributed by atoms with Crippen LogP contribution in [0.25, 0.3) is 134 Å². The lowest BCUT2D eigenvalue weighted by molar-refractivity contribution is 0.666. The fourth-order valence-corrected chi connectivity index (χ4v) is 14.2. The predicted octanol–water partition coefficient (Wildman–Crippen LogP) is 18.9. The zero-order valence-corrected chi connectivity index (χ0v) is 45.8. The molecular weight excluding hydrogens is 997 g/mol. The lowest BCUT2D eigenvalue weighted by Crippen LogP contribution is -2.15. The summed E-state index contributed by atoms with van der Waals surface area (Å²) < 4.78 is 4.90. The Bertz CT molecular complexity index is 4990. The summed E-state index contributed by atoms with van der Waals surface area (Å²) in [5.41, 5.74) is 23.5. The number of aromatic nitrogens is 5. The largest absolute Gasteiger partial charge is 0.309 e. The molecule has 0 spiro atoms. The summed E-state index contributed by atoms with van der Waals surface area (Å²) in [6.07, 6.45) is 0. The van der Waals surface area contributed by atoms with Crippen molar-refractivity contribution in [3.63, 3.8) is 0 Å². The molecule has 16 rings (SSSR count). The number of hydrogen-bond acceptors (Lipinski definition) is 4. The summed E-state index contributed by atoms with van der Waals surface area (Å²) in [7, 11) is 0. The molecule has 3 heterocycles. The number of para-hydroxylation sites is 2. The zero-order valence-electron chi connectivity index (χ0n) is 45.8.